The number of amides is 2. The lowest BCUT2D eigenvalue weighted by atomic mass is 10.1. The maximum atomic E-state index is 12.3. The average molecular weight is 485 g/mol. The normalized spacial score (nSPS) is 11.6. The number of aliphatic hydroxyl groups excluding tert-OH is 2. The van der Waals surface area contributed by atoms with Gasteiger partial charge in [0.1, 0.15) is 19.2 Å². The van der Waals surface area contributed by atoms with Crippen molar-refractivity contribution in [1.82, 2.24) is 14.9 Å². The van der Waals surface area contributed by atoms with E-state index in [1.54, 1.807) is 59.7 Å². The van der Waals surface area contributed by atoms with Crippen molar-refractivity contribution in [1.29, 1.82) is 0 Å². The van der Waals surface area contributed by atoms with Gasteiger partial charge in [-0.2, -0.15) is 0 Å². The summed E-state index contributed by atoms with van der Waals surface area (Å²) < 4.78 is 1.67. The molecule has 9 heteroatoms. The van der Waals surface area contributed by atoms with Crippen LogP contribution in [0.5, 0.6) is 0 Å². The minimum absolute atomic E-state index is 0.164. The largest absolute Gasteiger partial charge is 0.391 e. The highest BCUT2D eigenvalue weighted by molar-refractivity contribution is 5.98. The lowest BCUT2D eigenvalue weighted by molar-refractivity contribution is -0.126. The fourth-order valence-corrected chi connectivity index (χ4v) is 3.09. The molecule has 9 nitrogen and oxygen atoms in total. The summed E-state index contributed by atoms with van der Waals surface area (Å²) in [6.45, 7) is 0.753. The van der Waals surface area contributed by atoms with Gasteiger partial charge in [0.15, 0.2) is 5.78 Å². The number of imidazole rings is 1. The van der Waals surface area contributed by atoms with Gasteiger partial charge in [0.25, 0.3) is 5.91 Å². The second kappa shape index (κ2) is 12.7. The van der Waals surface area contributed by atoms with Gasteiger partial charge < -0.3 is 25.4 Å². The van der Waals surface area contributed by atoms with Crippen molar-refractivity contribution in [3.63, 3.8) is 0 Å². The monoisotopic (exact) mass is 484 g/mol. The van der Waals surface area contributed by atoms with E-state index in [0.29, 0.717) is 11.3 Å². The molecule has 2 atom stereocenters. The quantitative estimate of drug-likeness (QED) is 0.352. The number of aromatic nitrogens is 2. The SMILES string of the molecule is C[C@@H](O)[C@H](NC(=O)c1ccc(C#CC#Cc2ccc(NC(=O)Cn3ccnc3)cc2)cc1)C(=O)CO. The van der Waals surface area contributed by atoms with E-state index in [0.717, 1.165) is 5.56 Å². The minimum Gasteiger partial charge on any atom is -0.391 e. The van der Waals surface area contributed by atoms with E-state index in [4.69, 9.17) is 5.11 Å². The highest BCUT2D eigenvalue weighted by Gasteiger charge is 2.25. The van der Waals surface area contributed by atoms with Crippen LogP contribution in [0, 0.1) is 23.7 Å². The fourth-order valence-electron chi connectivity index (χ4n) is 3.09. The Morgan fingerprint density at radius 2 is 1.61 bits per heavy atom. The number of nitrogens with zero attached hydrogens (tertiary/aromatic N) is 2. The number of benzene rings is 2. The van der Waals surface area contributed by atoms with Crippen LogP contribution in [-0.4, -0.2) is 56.1 Å². The molecule has 0 aliphatic rings. The molecule has 1 aromatic heterocycles. The van der Waals surface area contributed by atoms with Crippen LogP contribution in [-0.2, 0) is 16.1 Å². The Morgan fingerprint density at radius 3 is 2.14 bits per heavy atom. The smallest absolute Gasteiger partial charge is 0.251 e. The van der Waals surface area contributed by atoms with E-state index >= 15 is 0 Å². The molecule has 0 radical (unpaired) electrons. The first-order valence-corrected chi connectivity index (χ1v) is 11.0. The van der Waals surface area contributed by atoms with Gasteiger partial charge in [-0.3, -0.25) is 14.4 Å². The van der Waals surface area contributed by atoms with Crippen molar-refractivity contribution in [2.75, 3.05) is 11.9 Å². The van der Waals surface area contributed by atoms with Crippen LogP contribution in [0.4, 0.5) is 5.69 Å². The number of anilines is 1. The molecular formula is C27H24N4O5. The van der Waals surface area contributed by atoms with Gasteiger partial charge in [0.05, 0.1) is 12.4 Å². The van der Waals surface area contributed by atoms with Crippen molar-refractivity contribution >= 4 is 23.3 Å². The fraction of sp³-hybridized carbons (Fsp3) is 0.185. The van der Waals surface area contributed by atoms with Gasteiger partial charge in [-0.05, 0) is 67.3 Å². The summed E-state index contributed by atoms with van der Waals surface area (Å²) >= 11 is 0. The van der Waals surface area contributed by atoms with Crippen LogP contribution >= 0.6 is 0 Å². The Kier molecular flexibility index (Phi) is 9.12. The van der Waals surface area contributed by atoms with Gasteiger partial charge in [-0.25, -0.2) is 4.98 Å². The minimum atomic E-state index is -1.19. The number of hydrogen-bond donors (Lipinski definition) is 4. The van der Waals surface area contributed by atoms with Crippen LogP contribution < -0.4 is 10.6 Å². The molecule has 2 amide bonds. The maximum Gasteiger partial charge on any atom is 0.251 e. The number of nitrogens with one attached hydrogen (secondary N) is 2. The zero-order valence-electron chi connectivity index (χ0n) is 19.4. The molecule has 1 heterocycles. The number of ketones is 1. The predicted molar refractivity (Wildman–Crippen MR) is 133 cm³/mol. The van der Waals surface area contributed by atoms with Gasteiger partial charge in [-0.1, -0.05) is 11.8 Å². The average Bonchev–Trinajstić information content (AvgIpc) is 3.38. The van der Waals surface area contributed by atoms with Gasteiger partial charge in [0.2, 0.25) is 5.91 Å². The number of rotatable bonds is 8. The van der Waals surface area contributed by atoms with E-state index in [1.807, 2.05) is 0 Å². The summed E-state index contributed by atoms with van der Waals surface area (Å²) in [4.78, 5) is 39.9. The molecule has 0 unspecified atom stereocenters. The Labute approximate surface area is 208 Å². The number of carbonyl (C=O) groups is 3. The van der Waals surface area contributed by atoms with Crippen LogP contribution in [0.3, 0.4) is 0 Å². The van der Waals surface area contributed by atoms with E-state index in [-0.39, 0.29) is 18.0 Å². The molecule has 0 bridgehead atoms. The second-order valence-corrected chi connectivity index (χ2v) is 7.75. The van der Waals surface area contributed by atoms with Crippen molar-refractivity contribution in [3.05, 3.63) is 83.9 Å². The highest BCUT2D eigenvalue weighted by atomic mass is 16.3. The maximum absolute atomic E-state index is 12.3. The van der Waals surface area contributed by atoms with E-state index in [2.05, 4.69) is 39.3 Å². The number of hydrogen-bond acceptors (Lipinski definition) is 6. The Morgan fingerprint density at radius 1 is 1.00 bits per heavy atom. The third kappa shape index (κ3) is 7.67. The zero-order valence-corrected chi connectivity index (χ0v) is 19.4. The van der Waals surface area contributed by atoms with Gasteiger partial charge in [0, 0.05) is 34.8 Å². The summed E-state index contributed by atoms with van der Waals surface area (Å²) in [6.07, 6.45) is 3.75. The molecular weight excluding hydrogens is 460 g/mol. The Bertz CT molecular complexity index is 1320. The zero-order chi connectivity index (χ0) is 25.9. The number of carbonyl (C=O) groups excluding carboxylic acids is 3. The first-order valence-electron chi connectivity index (χ1n) is 11.0. The lowest BCUT2D eigenvalue weighted by Crippen LogP contribution is -2.48. The lowest BCUT2D eigenvalue weighted by Gasteiger charge is -2.19. The van der Waals surface area contributed by atoms with Crippen LogP contribution in [0.15, 0.2) is 67.3 Å². The summed E-state index contributed by atoms with van der Waals surface area (Å²) in [7, 11) is 0. The standard InChI is InChI=1S/C27H24N4O5/c1-19(33)26(24(34)17-32)30-27(36)22-10-6-20(7-11-22)4-2-3-5-21-8-12-23(13-9-21)29-25(35)16-31-15-14-28-18-31/h6-15,18-19,26,32-33H,16-17H2,1H3,(H,29,35)(H,30,36)/t19-,26+/m1/s1. The summed E-state index contributed by atoms with van der Waals surface area (Å²) in [5, 5.41) is 23.8. The van der Waals surface area contributed by atoms with Gasteiger partial charge >= 0.3 is 0 Å². The molecule has 3 rings (SSSR count). The Balaban J connectivity index is 1.54. The first kappa shape index (κ1) is 25.9. The molecule has 0 fully saturated rings. The third-order valence-electron chi connectivity index (χ3n) is 4.95. The molecule has 0 saturated heterocycles. The molecule has 0 aliphatic carbocycles. The number of Topliss-reactive ketones (excluding diaryl/α,β-unsaturated/α-hetero) is 1. The van der Waals surface area contributed by atoms with Crippen LogP contribution in [0.2, 0.25) is 0 Å². The molecule has 3 aromatic rings. The topological polar surface area (TPSA) is 134 Å². The molecule has 36 heavy (non-hydrogen) atoms. The third-order valence-corrected chi connectivity index (χ3v) is 4.95. The summed E-state index contributed by atoms with van der Waals surface area (Å²) in [5.74, 6) is 9.91. The van der Waals surface area contributed by atoms with Crippen LogP contribution in [0.1, 0.15) is 28.4 Å². The predicted octanol–water partition coefficient (Wildman–Crippen LogP) is 0.966. The second-order valence-electron chi connectivity index (χ2n) is 7.75. The molecule has 2 aromatic carbocycles. The first-order chi connectivity index (χ1) is 17.4. The molecule has 0 aliphatic heterocycles. The summed E-state index contributed by atoms with van der Waals surface area (Å²) in [6, 6.07) is 12.2. The highest BCUT2D eigenvalue weighted by Crippen LogP contribution is 2.09. The van der Waals surface area contributed by atoms with Crippen LogP contribution in [0.25, 0.3) is 0 Å². The van der Waals surface area contributed by atoms with E-state index < -0.39 is 30.4 Å². The van der Waals surface area contributed by atoms with Gasteiger partial charge in [-0.15, -0.1) is 0 Å². The summed E-state index contributed by atoms with van der Waals surface area (Å²) in [5.41, 5.74) is 2.30. The van der Waals surface area contributed by atoms with Crippen molar-refractivity contribution < 1.29 is 24.6 Å². The van der Waals surface area contributed by atoms with E-state index in [9.17, 15) is 19.5 Å². The molecule has 0 saturated carbocycles. The van der Waals surface area contributed by atoms with Crippen molar-refractivity contribution in [3.8, 4) is 23.7 Å². The molecule has 4 N–H and O–H groups in total. The number of aliphatic hydroxyl groups is 2. The van der Waals surface area contributed by atoms with E-state index in [1.165, 1.54) is 19.1 Å². The van der Waals surface area contributed by atoms with Crippen molar-refractivity contribution in [2.45, 2.75) is 25.6 Å². The molecule has 182 valence electrons. The Hall–Kier alpha value is -4.70. The molecule has 0 spiro atoms. The van der Waals surface area contributed by atoms with Crippen molar-refractivity contribution in [2.24, 2.45) is 0 Å².